The van der Waals surface area contributed by atoms with Crippen LogP contribution in [0.2, 0.25) is 0 Å². The van der Waals surface area contributed by atoms with Gasteiger partial charge in [-0.05, 0) is 36.4 Å². The Bertz CT molecular complexity index is 1610. The Hall–Kier alpha value is -4.49. The molecular weight excluding hydrogens is 510 g/mol. The van der Waals surface area contributed by atoms with Crippen LogP contribution in [0.5, 0.6) is 5.75 Å². The molecule has 11 nitrogen and oxygen atoms in total. The molecule has 36 heavy (non-hydrogen) atoms. The summed E-state index contributed by atoms with van der Waals surface area (Å²) in [5, 5.41) is 18.9. The maximum Gasteiger partial charge on any atom is 0.358 e. The Morgan fingerprint density at radius 1 is 1.03 bits per heavy atom. The number of aromatic carboxylic acids is 1. The number of carbonyl (C=O) groups excluding carboxylic acids is 1. The van der Waals surface area contributed by atoms with Gasteiger partial charge < -0.3 is 19.9 Å². The summed E-state index contributed by atoms with van der Waals surface area (Å²) in [6, 6.07) is 17.1. The van der Waals surface area contributed by atoms with Gasteiger partial charge in [-0.1, -0.05) is 30.3 Å². The Morgan fingerprint density at radius 3 is 2.44 bits per heavy atom. The summed E-state index contributed by atoms with van der Waals surface area (Å²) < 4.78 is 33.6. The predicted molar refractivity (Wildman–Crippen MR) is 130 cm³/mol. The number of H-pyrrole nitrogens is 1. The van der Waals surface area contributed by atoms with Crippen LogP contribution in [0, 0.1) is 0 Å². The highest BCUT2D eigenvalue weighted by molar-refractivity contribution is 7.94. The minimum Gasteiger partial charge on any atom is -0.501 e. The van der Waals surface area contributed by atoms with Crippen LogP contribution >= 0.6 is 11.3 Å². The Morgan fingerprint density at radius 2 is 1.72 bits per heavy atom. The molecule has 0 spiro atoms. The quantitative estimate of drug-likeness (QED) is 0.251. The standard InChI is InChI=1S/C23H17N3O8S2/c27-19-18(22(29)30)24-20(25-21(19)28)15-8-4-5-9-16(15)26-36(32,33)17-11-10-14(35-17)12-34-23(31)13-6-2-1-3-7-13/h1-11,26-27H,12H2,(H,29,30)(H,24,25,28). The lowest BCUT2D eigenvalue weighted by molar-refractivity contribution is 0.0476. The van der Waals surface area contributed by atoms with Crippen LogP contribution < -0.4 is 10.3 Å². The summed E-state index contributed by atoms with van der Waals surface area (Å²) in [6.07, 6.45) is 0. The molecular formula is C23H17N3O8S2. The van der Waals surface area contributed by atoms with Crippen LogP contribution in [-0.4, -0.2) is 40.5 Å². The van der Waals surface area contributed by atoms with Crippen molar-refractivity contribution < 1.29 is 33.0 Å². The van der Waals surface area contributed by atoms with E-state index < -0.39 is 39.0 Å². The Balaban J connectivity index is 1.56. The molecule has 2 aromatic carbocycles. The predicted octanol–water partition coefficient (Wildman–Crippen LogP) is 3.06. The summed E-state index contributed by atoms with van der Waals surface area (Å²) in [5.41, 5.74) is -1.52. The maximum absolute atomic E-state index is 13.0. The van der Waals surface area contributed by atoms with Gasteiger partial charge in [-0.3, -0.25) is 9.52 Å². The number of hydrogen-bond acceptors (Lipinski definition) is 9. The fraction of sp³-hybridized carbons (Fsp3) is 0.0435. The van der Waals surface area contributed by atoms with Crippen molar-refractivity contribution in [3.8, 4) is 17.1 Å². The number of aromatic amines is 1. The van der Waals surface area contributed by atoms with Crippen molar-refractivity contribution in [3.63, 3.8) is 0 Å². The number of anilines is 1. The van der Waals surface area contributed by atoms with Crippen molar-refractivity contribution in [2.75, 3.05) is 4.72 Å². The molecule has 184 valence electrons. The molecule has 0 fully saturated rings. The van der Waals surface area contributed by atoms with Crippen molar-refractivity contribution in [1.82, 2.24) is 9.97 Å². The largest absolute Gasteiger partial charge is 0.501 e. The molecule has 0 atom stereocenters. The Labute approximate surface area is 207 Å². The number of ether oxygens (including phenoxy) is 1. The average molecular weight is 528 g/mol. The number of sulfonamides is 1. The van der Waals surface area contributed by atoms with E-state index in [-0.39, 0.29) is 27.9 Å². The zero-order valence-electron chi connectivity index (χ0n) is 18.2. The average Bonchev–Trinajstić information content (AvgIpc) is 3.35. The molecule has 4 rings (SSSR count). The van der Waals surface area contributed by atoms with Gasteiger partial charge in [0.15, 0.2) is 5.69 Å². The van der Waals surface area contributed by atoms with Crippen LogP contribution in [0.15, 0.2) is 75.7 Å². The van der Waals surface area contributed by atoms with Crippen LogP contribution in [-0.2, 0) is 21.4 Å². The number of carboxylic acid groups (broad SMARTS) is 1. The van der Waals surface area contributed by atoms with E-state index in [1.165, 1.54) is 36.4 Å². The first kappa shape index (κ1) is 24.6. The maximum atomic E-state index is 13.0. The van der Waals surface area contributed by atoms with Gasteiger partial charge in [0, 0.05) is 10.4 Å². The minimum atomic E-state index is -4.12. The number of benzene rings is 2. The van der Waals surface area contributed by atoms with E-state index in [1.54, 1.807) is 30.3 Å². The van der Waals surface area contributed by atoms with Crippen LogP contribution in [0.4, 0.5) is 5.69 Å². The first-order valence-corrected chi connectivity index (χ1v) is 12.5. The molecule has 0 aliphatic carbocycles. The highest BCUT2D eigenvalue weighted by Gasteiger charge is 2.22. The molecule has 0 aliphatic heterocycles. The number of carboxylic acids is 1. The number of aromatic nitrogens is 2. The summed E-state index contributed by atoms with van der Waals surface area (Å²) in [6.45, 7) is -0.124. The number of aromatic hydroxyl groups is 1. The van der Waals surface area contributed by atoms with E-state index in [4.69, 9.17) is 4.74 Å². The lowest BCUT2D eigenvalue weighted by Gasteiger charge is -2.12. The van der Waals surface area contributed by atoms with Crippen molar-refractivity contribution >= 4 is 39.0 Å². The number of nitrogens with zero attached hydrogens (tertiary/aromatic N) is 1. The SMILES string of the molecule is O=C(OCc1ccc(S(=O)(=O)Nc2ccccc2-c2nc(C(=O)O)c(O)c(=O)[nH]2)s1)c1ccccc1. The third-order valence-corrected chi connectivity index (χ3v) is 7.70. The van der Waals surface area contributed by atoms with Crippen molar-refractivity contribution in [3.05, 3.63) is 93.2 Å². The van der Waals surface area contributed by atoms with Gasteiger partial charge in [0.25, 0.3) is 15.6 Å². The highest BCUT2D eigenvalue weighted by Crippen LogP contribution is 2.30. The van der Waals surface area contributed by atoms with Gasteiger partial charge in [-0.15, -0.1) is 11.3 Å². The molecule has 4 N–H and O–H groups in total. The second-order valence-electron chi connectivity index (χ2n) is 7.23. The number of para-hydroxylation sites is 1. The van der Waals surface area contributed by atoms with Crippen molar-refractivity contribution in [1.29, 1.82) is 0 Å². The number of carbonyl (C=O) groups is 2. The van der Waals surface area contributed by atoms with Crippen LogP contribution in [0.25, 0.3) is 11.4 Å². The first-order valence-electron chi connectivity index (χ1n) is 10.2. The second kappa shape index (κ2) is 10.0. The molecule has 2 heterocycles. The molecule has 0 unspecified atom stereocenters. The molecule has 0 bridgehead atoms. The van der Waals surface area contributed by atoms with E-state index in [0.717, 1.165) is 11.3 Å². The Kier molecular flexibility index (Phi) is 6.85. The molecule has 4 aromatic rings. The van der Waals surface area contributed by atoms with E-state index in [2.05, 4.69) is 14.7 Å². The van der Waals surface area contributed by atoms with Crippen molar-refractivity contribution in [2.24, 2.45) is 0 Å². The molecule has 13 heteroatoms. The monoisotopic (exact) mass is 527 g/mol. The molecule has 0 radical (unpaired) electrons. The smallest absolute Gasteiger partial charge is 0.358 e. The van der Waals surface area contributed by atoms with Gasteiger partial charge >= 0.3 is 11.9 Å². The molecule has 0 saturated heterocycles. The van der Waals surface area contributed by atoms with E-state index in [9.17, 15) is 33.0 Å². The van der Waals surface area contributed by atoms with Gasteiger partial charge in [-0.2, -0.15) is 0 Å². The number of hydrogen-bond donors (Lipinski definition) is 4. The first-order chi connectivity index (χ1) is 17.2. The van der Waals surface area contributed by atoms with Gasteiger partial charge in [0.1, 0.15) is 16.6 Å². The third-order valence-electron chi connectivity index (χ3n) is 4.78. The normalized spacial score (nSPS) is 11.1. The third kappa shape index (κ3) is 5.26. The molecule has 0 saturated carbocycles. The summed E-state index contributed by atoms with van der Waals surface area (Å²) >= 11 is 0.897. The fourth-order valence-electron chi connectivity index (χ4n) is 3.09. The number of thiophene rings is 1. The van der Waals surface area contributed by atoms with Gasteiger partial charge in [0.05, 0.1) is 11.3 Å². The molecule has 0 amide bonds. The molecule has 2 aromatic heterocycles. The lowest BCUT2D eigenvalue weighted by Crippen LogP contribution is -2.16. The fourth-order valence-corrected chi connectivity index (χ4v) is 5.44. The number of esters is 1. The molecule has 0 aliphatic rings. The topological polar surface area (TPSA) is 176 Å². The van der Waals surface area contributed by atoms with E-state index >= 15 is 0 Å². The summed E-state index contributed by atoms with van der Waals surface area (Å²) in [7, 11) is -4.12. The second-order valence-corrected chi connectivity index (χ2v) is 10.3. The summed E-state index contributed by atoms with van der Waals surface area (Å²) in [5.74, 6) is -3.50. The van der Waals surface area contributed by atoms with E-state index in [1.807, 2.05) is 0 Å². The lowest BCUT2D eigenvalue weighted by atomic mass is 10.1. The summed E-state index contributed by atoms with van der Waals surface area (Å²) in [4.78, 5) is 41.9. The zero-order chi connectivity index (χ0) is 25.9. The zero-order valence-corrected chi connectivity index (χ0v) is 19.8. The van der Waals surface area contributed by atoms with Gasteiger partial charge in [0.2, 0.25) is 5.75 Å². The number of nitrogens with one attached hydrogen (secondary N) is 2. The van der Waals surface area contributed by atoms with Gasteiger partial charge in [-0.25, -0.2) is 23.0 Å². The minimum absolute atomic E-state index is 0.00753. The highest BCUT2D eigenvalue weighted by atomic mass is 32.2. The van der Waals surface area contributed by atoms with Crippen LogP contribution in [0.3, 0.4) is 0 Å². The van der Waals surface area contributed by atoms with Crippen molar-refractivity contribution in [2.45, 2.75) is 10.8 Å². The van der Waals surface area contributed by atoms with Crippen LogP contribution in [0.1, 0.15) is 25.7 Å². The van der Waals surface area contributed by atoms with E-state index in [0.29, 0.717) is 10.4 Å². The number of rotatable bonds is 8.